The lowest BCUT2D eigenvalue weighted by Gasteiger charge is -2.10. The number of amides is 2. The molecule has 0 saturated carbocycles. The molecule has 0 aromatic heterocycles. The molecule has 0 bridgehead atoms. The topological polar surface area (TPSA) is 89.0 Å². The minimum absolute atomic E-state index is 0.154. The fourth-order valence-corrected chi connectivity index (χ4v) is 3.95. The van der Waals surface area contributed by atoms with Crippen LogP contribution in [0.15, 0.2) is 88.8 Å². The molecule has 3 aromatic rings. The van der Waals surface area contributed by atoms with Crippen molar-refractivity contribution in [3.05, 3.63) is 89.3 Å². The lowest BCUT2D eigenvalue weighted by atomic mass is 10.2. The summed E-state index contributed by atoms with van der Waals surface area (Å²) in [4.78, 5) is 29.7. The van der Waals surface area contributed by atoms with Crippen molar-refractivity contribution in [2.75, 3.05) is 18.5 Å². The Morgan fingerprint density at radius 3 is 2.50 bits per heavy atom. The van der Waals surface area contributed by atoms with Crippen LogP contribution in [0, 0.1) is 0 Å². The van der Waals surface area contributed by atoms with Gasteiger partial charge >= 0.3 is 0 Å². The average molecular weight is 474 g/mol. The van der Waals surface area contributed by atoms with E-state index in [2.05, 4.69) is 15.6 Å². The van der Waals surface area contributed by atoms with Crippen LogP contribution in [-0.2, 0) is 9.59 Å². The molecule has 0 atom stereocenters. The first-order valence-electron chi connectivity index (χ1n) is 10.7. The summed E-state index contributed by atoms with van der Waals surface area (Å²) in [6.45, 7) is 2.37. The third kappa shape index (κ3) is 6.26. The van der Waals surface area contributed by atoms with E-state index in [1.54, 1.807) is 24.3 Å². The Labute approximate surface area is 201 Å². The van der Waals surface area contributed by atoms with Crippen LogP contribution < -0.4 is 20.1 Å². The van der Waals surface area contributed by atoms with Crippen LogP contribution in [-0.4, -0.2) is 30.2 Å². The maximum absolute atomic E-state index is 12.5. The second kappa shape index (κ2) is 11.2. The van der Waals surface area contributed by atoms with E-state index in [0.29, 0.717) is 39.4 Å². The monoisotopic (exact) mass is 473 g/mol. The van der Waals surface area contributed by atoms with Gasteiger partial charge < -0.3 is 20.1 Å². The maximum Gasteiger partial charge on any atom is 0.264 e. The molecule has 1 aliphatic heterocycles. The van der Waals surface area contributed by atoms with E-state index < -0.39 is 0 Å². The largest absolute Gasteiger partial charge is 0.494 e. The smallest absolute Gasteiger partial charge is 0.264 e. The maximum atomic E-state index is 12.5. The number of ether oxygens (including phenoxy) is 2. The number of thioether (sulfide) groups is 1. The van der Waals surface area contributed by atoms with E-state index in [1.165, 1.54) is 11.8 Å². The first-order valence-corrected chi connectivity index (χ1v) is 11.5. The molecular formula is C26H23N3O4S. The molecule has 1 aliphatic rings. The number of aliphatic imine (C=N–C) groups is 1. The average Bonchev–Trinajstić information content (AvgIpc) is 3.19. The summed E-state index contributed by atoms with van der Waals surface area (Å²) < 4.78 is 11.2. The molecule has 4 rings (SSSR count). The summed E-state index contributed by atoms with van der Waals surface area (Å²) in [6.07, 6.45) is 1.73. The molecule has 0 unspecified atom stereocenters. The highest BCUT2D eigenvalue weighted by Crippen LogP contribution is 2.31. The number of benzene rings is 3. The predicted molar refractivity (Wildman–Crippen MR) is 135 cm³/mol. The number of amidine groups is 1. The Hall–Kier alpha value is -4.04. The normalized spacial score (nSPS) is 15.3. The number of anilines is 1. The van der Waals surface area contributed by atoms with E-state index in [9.17, 15) is 9.59 Å². The van der Waals surface area contributed by atoms with Gasteiger partial charge in [0, 0.05) is 11.3 Å². The Balaban J connectivity index is 1.42. The van der Waals surface area contributed by atoms with Gasteiger partial charge in [-0.25, -0.2) is 4.99 Å². The first-order chi connectivity index (χ1) is 16.6. The lowest BCUT2D eigenvalue weighted by molar-refractivity contribution is -0.118. The number of carbonyl (C=O) groups excluding carboxylic acids is 2. The molecular weight excluding hydrogens is 450 g/mol. The highest BCUT2D eigenvalue weighted by atomic mass is 32.2. The summed E-state index contributed by atoms with van der Waals surface area (Å²) in [6, 6.07) is 23.7. The number of hydrogen-bond donors (Lipinski definition) is 2. The number of para-hydroxylation sites is 2. The van der Waals surface area contributed by atoms with Gasteiger partial charge in [-0.3, -0.25) is 9.59 Å². The zero-order chi connectivity index (χ0) is 23.8. The summed E-state index contributed by atoms with van der Waals surface area (Å²) >= 11 is 1.24. The number of hydrogen-bond acceptors (Lipinski definition) is 6. The number of carbonyl (C=O) groups is 2. The third-order valence-electron chi connectivity index (χ3n) is 4.65. The summed E-state index contributed by atoms with van der Waals surface area (Å²) in [7, 11) is 0. The fraction of sp³-hybridized carbons (Fsp3) is 0.115. The van der Waals surface area contributed by atoms with Crippen LogP contribution in [0.25, 0.3) is 6.08 Å². The molecule has 8 heteroatoms. The molecule has 0 aliphatic carbocycles. The molecule has 0 spiro atoms. The van der Waals surface area contributed by atoms with Crippen molar-refractivity contribution >= 4 is 46.2 Å². The second-order valence-electron chi connectivity index (χ2n) is 7.15. The SMILES string of the molecule is CCOc1ccc(N=C2NC(=O)/C(=C\c3ccccc3OCC(=O)Nc3ccccc3)S2)cc1. The van der Waals surface area contributed by atoms with Crippen LogP contribution in [0.5, 0.6) is 11.5 Å². The molecule has 1 fully saturated rings. The molecule has 172 valence electrons. The molecule has 7 nitrogen and oxygen atoms in total. The molecule has 2 N–H and O–H groups in total. The standard InChI is InChI=1S/C26H23N3O4S/c1-2-32-21-14-12-20(13-15-21)28-26-29-25(31)23(34-26)16-18-8-6-7-11-22(18)33-17-24(30)27-19-9-4-3-5-10-19/h3-16H,2,17H2,1H3,(H,27,30)(H,28,29,31)/b23-16+. The van der Waals surface area contributed by atoms with Crippen molar-refractivity contribution in [2.45, 2.75) is 6.92 Å². The summed E-state index contributed by atoms with van der Waals surface area (Å²) in [5, 5.41) is 6.05. The molecule has 1 saturated heterocycles. The Morgan fingerprint density at radius 2 is 1.74 bits per heavy atom. The molecule has 3 aromatic carbocycles. The highest BCUT2D eigenvalue weighted by molar-refractivity contribution is 8.18. The van der Waals surface area contributed by atoms with Gasteiger partial charge in [0.1, 0.15) is 11.5 Å². The zero-order valence-electron chi connectivity index (χ0n) is 18.5. The van der Waals surface area contributed by atoms with E-state index in [1.807, 2.05) is 67.6 Å². The van der Waals surface area contributed by atoms with Gasteiger partial charge in [-0.05, 0) is 67.2 Å². The van der Waals surface area contributed by atoms with E-state index in [4.69, 9.17) is 9.47 Å². The quantitative estimate of drug-likeness (QED) is 0.450. The van der Waals surface area contributed by atoms with Gasteiger partial charge in [-0.1, -0.05) is 36.4 Å². The van der Waals surface area contributed by atoms with Crippen LogP contribution in [0.4, 0.5) is 11.4 Å². The minimum atomic E-state index is -0.272. The second-order valence-corrected chi connectivity index (χ2v) is 8.18. The first kappa shape index (κ1) is 23.1. The molecule has 0 radical (unpaired) electrons. The van der Waals surface area contributed by atoms with Gasteiger partial charge in [-0.15, -0.1) is 0 Å². The number of nitrogens with one attached hydrogen (secondary N) is 2. The highest BCUT2D eigenvalue weighted by Gasteiger charge is 2.24. The van der Waals surface area contributed by atoms with Gasteiger partial charge in [0.15, 0.2) is 11.8 Å². The van der Waals surface area contributed by atoms with Gasteiger partial charge in [0.05, 0.1) is 17.2 Å². The third-order valence-corrected chi connectivity index (χ3v) is 5.56. The van der Waals surface area contributed by atoms with Crippen LogP contribution in [0.2, 0.25) is 0 Å². The predicted octanol–water partition coefficient (Wildman–Crippen LogP) is 4.99. The Bertz CT molecular complexity index is 1220. The van der Waals surface area contributed by atoms with E-state index in [0.717, 1.165) is 5.75 Å². The van der Waals surface area contributed by atoms with Crippen LogP contribution >= 0.6 is 11.8 Å². The number of rotatable bonds is 8. The van der Waals surface area contributed by atoms with Gasteiger partial charge in [0.2, 0.25) is 0 Å². The van der Waals surface area contributed by atoms with Gasteiger partial charge in [0.25, 0.3) is 11.8 Å². The Morgan fingerprint density at radius 1 is 1.00 bits per heavy atom. The van der Waals surface area contributed by atoms with Crippen LogP contribution in [0.1, 0.15) is 12.5 Å². The van der Waals surface area contributed by atoms with Crippen molar-refractivity contribution in [1.82, 2.24) is 5.32 Å². The number of nitrogens with zero attached hydrogens (tertiary/aromatic N) is 1. The zero-order valence-corrected chi connectivity index (χ0v) is 19.3. The molecule has 1 heterocycles. The lowest BCUT2D eigenvalue weighted by Crippen LogP contribution is -2.20. The molecule has 34 heavy (non-hydrogen) atoms. The van der Waals surface area contributed by atoms with Crippen molar-refractivity contribution in [2.24, 2.45) is 4.99 Å². The Kier molecular flexibility index (Phi) is 7.62. The summed E-state index contributed by atoms with van der Waals surface area (Å²) in [5.41, 5.74) is 2.10. The summed E-state index contributed by atoms with van der Waals surface area (Å²) in [5.74, 6) is 0.755. The molecule has 2 amide bonds. The minimum Gasteiger partial charge on any atom is -0.494 e. The van der Waals surface area contributed by atoms with Crippen LogP contribution in [0.3, 0.4) is 0 Å². The van der Waals surface area contributed by atoms with E-state index >= 15 is 0 Å². The van der Waals surface area contributed by atoms with Gasteiger partial charge in [-0.2, -0.15) is 0 Å². The van der Waals surface area contributed by atoms with Crippen molar-refractivity contribution in [3.8, 4) is 11.5 Å². The van der Waals surface area contributed by atoms with Crippen molar-refractivity contribution in [1.29, 1.82) is 0 Å². The van der Waals surface area contributed by atoms with Crippen molar-refractivity contribution in [3.63, 3.8) is 0 Å². The fourth-order valence-electron chi connectivity index (χ4n) is 3.12. The van der Waals surface area contributed by atoms with Crippen molar-refractivity contribution < 1.29 is 19.1 Å². The van der Waals surface area contributed by atoms with E-state index in [-0.39, 0.29) is 18.4 Å².